The Balaban J connectivity index is 1.54. The summed E-state index contributed by atoms with van der Waals surface area (Å²) in [5, 5.41) is 13.4. The Morgan fingerprint density at radius 2 is 2.24 bits per heavy atom. The van der Waals surface area contributed by atoms with Gasteiger partial charge in [0.1, 0.15) is 0 Å². The van der Waals surface area contributed by atoms with Crippen molar-refractivity contribution in [3.05, 3.63) is 34.3 Å². The van der Waals surface area contributed by atoms with Gasteiger partial charge < -0.3 is 15.3 Å². The van der Waals surface area contributed by atoms with E-state index in [0.29, 0.717) is 12.0 Å². The van der Waals surface area contributed by atoms with Crippen LogP contribution in [0, 0.1) is 11.8 Å². The number of likely N-dealkylation sites (tertiary alicyclic amines) is 1. The van der Waals surface area contributed by atoms with Crippen molar-refractivity contribution in [2.45, 2.75) is 31.4 Å². The summed E-state index contributed by atoms with van der Waals surface area (Å²) in [6.07, 6.45) is 3.29. The van der Waals surface area contributed by atoms with Crippen LogP contribution in [0.5, 0.6) is 0 Å². The molecule has 1 aliphatic heterocycles. The van der Waals surface area contributed by atoms with E-state index in [1.54, 1.807) is 0 Å². The Morgan fingerprint density at radius 3 is 2.95 bits per heavy atom. The predicted molar refractivity (Wildman–Crippen MR) is 89.2 cm³/mol. The van der Waals surface area contributed by atoms with E-state index < -0.39 is 0 Å². The smallest absolute Gasteiger partial charge is 0.0583 e. The van der Waals surface area contributed by atoms with Gasteiger partial charge in [-0.3, -0.25) is 0 Å². The topological polar surface area (TPSA) is 35.5 Å². The second kappa shape index (κ2) is 6.78. The van der Waals surface area contributed by atoms with Crippen LogP contribution >= 0.6 is 15.9 Å². The first kappa shape index (κ1) is 15.5. The molecule has 4 atom stereocenters. The Morgan fingerprint density at radius 1 is 1.38 bits per heavy atom. The number of nitrogens with zero attached hydrogens (tertiary/aromatic N) is 1. The monoisotopic (exact) mass is 352 g/mol. The van der Waals surface area contributed by atoms with Gasteiger partial charge in [0.05, 0.1) is 6.10 Å². The molecule has 0 aromatic heterocycles. The number of fused-ring (bicyclic) bond motifs is 1. The third kappa shape index (κ3) is 3.50. The first-order valence-corrected chi connectivity index (χ1v) is 8.80. The summed E-state index contributed by atoms with van der Waals surface area (Å²) in [5.74, 6) is 1.27. The van der Waals surface area contributed by atoms with E-state index in [4.69, 9.17) is 0 Å². The summed E-state index contributed by atoms with van der Waals surface area (Å²) < 4.78 is 1.14. The zero-order chi connectivity index (χ0) is 14.8. The lowest BCUT2D eigenvalue weighted by molar-refractivity contribution is 0.124. The lowest BCUT2D eigenvalue weighted by Crippen LogP contribution is -2.29. The third-order valence-corrected chi connectivity index (χ3v) is 5.72. The minimum atomic E-state index is -0.0508. The van der Waals surface area contributed by atoms with Crippen molar-refractivity contribution >= 4 is 15.9 Å². The molecule has 1 heterocycles. The van der Waals surface area contributed by atoms with Crippen LogP contribution in [0.2, 0.25) is 0 Å². The van der Waals surface area contributed by atoms with E-state index >= 15 is 0 Å². The molecule has 4 heteroatoms. The maximum absolute atomic E-state index is 10.0. The van der Waals surface area contributed by atoms with Crippen molar-refractivity contribution in [1.82, 2.24) is 10.2 Å². The predicted octanol–water partition coefficient (Wildman–Crippen LogP) is 2.80. The van der Waals surface area contributed by atoms with Crippen molar-refractivity contribution in [2.24, 2.45) is 11.8 Å². The largest absolute Gasteiger partial charge is 0.393 e. The summed E-state index contributed by atoms with van der Waals surface area (Å²) >= 11 is 3.55. The van der Waals surface area contributed by atoms with Crippen LogP contribution < -0.4 is 5.32 Å². The van der Waals surface area contributed by atoms with Gasteiger partial charge >= 0.3 is 0 Å². The van der Waals surface area contributed by atoms with Crippen LogP contribution in [0.15, 0.2) is 28.7 Å². The van der Waals surface area contributed by atoms with E-state index in [-0.39, 0.29) is 6.10 Å². The molecule has 21 heavy (non-hydrogen) atoms. The van der Waals surface area contributed by atoms with Gasteiger partial charge in [0, 0.05) is 29.5 Å². The van der Waals surface area contributed by atoms with E-state index in [9.17, 15) is 5.11 Å². The highest BCUT2D eigenvalue weighted by atomic mass is 79.9. The average molecular weight is 353 g/mol. The lowest BCUT2D eigenvalue weighted by Gasteiger charge is -2.22. The van der Waals surface area contributed by atoms with Crippen LogP contribution in [0.3, 0.4) is 0 Å². The van der Waals surface area contributed by atoms with Gasteiger partial charge in [-0.15, -0.1) is 0 Å². The maximum atomic E-state index is 10.0. The number of hydrogen-bond acceptors (Lipinski definition) is 3. The molecule has 3 rings (SSSR count). The summed E-state index contributed by atoms with van der Waals surface area (Å²) in [7, 11) is 2.04. The highest BCUT2D eigenvalue weighted by Gasteiger charge is 2.41. The van der Waals surface area contributed by atoms with Crippen LogP contribution in [0.25, 0.3) is 0 Å². The SMILES string of the molecule is CNC(CCN1CC2CCC(O)C2C1)c1cccc(Br)c1. The molecule has 0 radical (unpaired) electrons. The second-order valence-corrected chi connectivity index (χ2v) is 7.43. The van der Waals surface area contributed by atoms with Crippen molar-refractivity contribution in [1.29, 1.82) is 0 Å². The molecular weight excluding hydrogens is 328 g/mol. The summed E-state index contributed by atoms with van der Waals surface area (Å²) in [6.45, 7) is 3.37. The van der Waals surface area contributed by atoms with Gasteiger partial charge in [-0.2, -0.15) is 0 Å². The molecule has 2 N–H and O–H groups in total. The van der Waals surface area contributed by atoms with Crippen LogP contribution in [0.4, 0.5) is 0 Å². The summed E-state index contributed by atoms with van der Waals surface area (Å²) in [4.78, 5) is 2.54. The quantitative estimate of drug-likeness (QED) is 0.855. The molecule has 4 unspecified atom stereocenters. The van der Waals surface area contributed by atoms with Gasteiger partial charge in [-0.1, -0.05) is 28.1 Å². The number of nitrogens with one attached hydrogen (secondary N) is 1. The molecule has 0 amide bonds. The average Bonchev–Trinajstić information content (AvgIpc) is 3.02. The lowest BCUT2D eigenvalue weighted by atomic mass is 10.00. The molecule has 1 saturated carbocycles. The highest BCUT2D eigenvalue weighted by Crippen LogP contribution is 2.38. The van der Waals surface area contributed by atoms with Crippen LogP contribution in [-0.4, -0.2) is 42.8 Å². The van der Waals surface area contributed by atoms with E-state index in [2.05, 4.69) is 50.4 Å². The minimum absolute atomic E-state index is 0.0508. The fraction of sp³-hybridized carbons (Fsp3) is 0.647. The van der Waals surface area contributed by atoms with E-state index in [1.807, 2.05) is 7.05 Å². The standard InChI is InChI=1S/C17H25BrN2O/c1-19-16(12-3-2-4-14(18)9-12)7-8-20-10-13-5-6-17(21)15(13)11-20/h2-4,9,13,15-17,19,21H,5-8,10-11H2,1H3. The van der Waals surface area contributed by atoms with Crippen LogP contribution in [-0.2, 0) is 0 Å². The number of rotatable bonds is 5. The number of hydrogen-bond donors (Lipinski definition) is 2. The van der Waals surface area contributed by atoms with E-state index in [0.717, 1.165) is 36.3 Å². The maximum Gasteiger partial charge on any atom is 0.0583 e. The number of aliphatic hydroxyl groups excluding tert-OH is 1. The Labute approximate surface area is 135 Å². The molecule has 3 nitrogen and oxygen atoms in total. The number of halogens is 1. The summed E-state index contributed by atoms with van der Waals surface area (Å²) in [6, 6.07) is 8.95. The van der Waals surface area contributed by atoms with Crippen molar-refractivity contribution in [2.75, 3.05) is 26.7 Å². The van der Waals surface area contributed by atoms with Gasteiger partial charge in [0.15, 0.2) is 0 Å². The molecule has 1 aliphatic carbocycles. The van der Waals surface area contributed by atoms with Crippen LogP contribution in [0.1, 0.15) is 30.9 Å². The normalized spacial score (nSPS) is 30.5. The zero-order valence-electron chi connectivity index (χ0n) is 12.6. The van der Waals surface area contributed by atoms with E-state index in [1.165, 1.54) is 18.5 Å². The van der Waals surface area contributed by atoms with Gasteiger partial charge in [-0.05, 0) is 56.5 Å². The molecule has 116 valence electrons. The molecule has 2 aliphatic rings. The zero-order valence-corrected chi connectivity index (χ0v) is 14.2. The van der Waals surface area contributed by atoms with Crippen molar-refractivity contribution in [3.8, 4) is 0 Å². The third-order valence-electron chi connectivity index (χ3n) is 5.23. The van der Waals surface area contributed by atoms with Gasteiger partial charge in [0.25, 0.3) is 0 Å². The second-order valence-electron chi connectivity index (χ2n) is 6.51. The van der Waals surface area contributed by atoms with Gasteiger partial charge in [0.2, 0.25) is 0 Å². The Hall–Kier alpha value is -0.420. The van der Waals surface area contributed by atoms with Gasteiger partial charge in [-0.25, -0.2) is 0 Å². The minimum Gasteiger partial charge on any atom is -0.393 e. The fourth-order valence-corrected chi connectivity index (χ4v) is 4.44. The first-order valence-electron chi connectivity index (χ1n) is 8.00. The summed E-state index contributed by atoms with van der Waals surface area (Å²) in [5.41, 5.74) is 1.34. The highest BCUT2D eigenvalue weighted by molar-refractivity contribution is 9.10. The number of aliphatic hydroxyl groups is 1. The molecule has 0 bridgehead atoms. The molecule has 2 fully saturated rings. The first-order chi connectivity index (χ1) is 10.2. The fourth-order valence-electron chi connectivity index (χ4n) is 4.02. The Bertz CT molecular complexity index is 482. The molecule has 1 aromatic carbocycles. The molecule has 1 saturated heterocycles. The molecule has 1 aromatic rings. The van der Waals surface area contributed by atoms with Crippen molar-refractivity contribution in [3.63, 3.8) is 0 Å². The Kier molecular flexibility index (Phi) is 4.99. The van der Waals surface area contributed by atoms with Crippen molar-refractivity contribution < 1.29 is 5.11 Å². The molecular formula is C17H25BrN2O. The number of benzene rings is 1. The molecule has 0 spiro atoms.